The molecule has 0 heterocycles. The first-order valence-electron chi connectivity index (χ1n) is 4.67. The monoisotopic (exact) mass is 259 g/mol. The number of halogens is 2. The Kier molecular flexibility index (Phi) is 4.33. The van der Waals surface area contributed by atoms with E-state index in [-0.39, 0.29) is 11.7 Å². The van der Waals surface area contributed by atoms with Crippen molar-refractivity contribution in [3.8, 4) is 0 Å². The molecule has 1 amide bonds. The topological polar surface area (TPSA) is 46.2 Å². The quantitative estimate of drug-likeness (QED) is 0.670. The SMILES string of the molecule is CNC(=O)C(C)C(=O)c1cc(Cl)cc(Cl)c1. The summed E-state index contributed by atoms with van der Waals surface area (Å²) in [5.74, 6) is -1.38. The largest absolute Gasteiger partial charge is 0.359 e. The number of carbonyl (C=O) groups excluding carboxylic acids is 2. The molecular weight excluding hydrogens is 249 g/mol. The van der Waals surface area contributed by atoms with Crippen LogP contribution in [0.1, 0.15) is 17.3 Å². The molecule has 1 N–H and O–H groups in total. The highest BCUT2D eigenvalue weighted by atomic mass is 35.5. The van der Waals surface area contributed by atoms with E-state index in [9.17, 15) is 9.59 Å². The molecular formula is C11H11Cl2NO2. The first-order chi connectivity index (χ1) is 7.45. The molecule has 1 atom stereocenters. The van der Waals surface area contributed by atoms with Gasteiger partial charge in [-0.05, 0) is 25.1 Å². The second kappa shape index (κ2) is 5.32. The van der Waals surface area contributed by atoms with E-state index in [1.54, 1.807) is 0 Å². The smallest absolute Gasteiger partial charge is 0.230 e. The van der Waals surface area contributed by atoms with Crippen LogP contribution in [-0.2, 0) is 4.79 Å². The van der Waals surface area contributed by atoms with Crippen molar-refractivity contribution in [2.75, 3.05) is 7.05 Å². The van der Waals surface area contributed by atoms with Crippen molar-refractivity contribution in [2.24, 2.45) is 5.92 Å². The third kappa shape index (κ3) is 2.97. The van der Waals surface area contributed by atoms with Gasteiger partial charge in [0.2, 0.25) is 5.91 Å². The number of Topliss-reactive ketones (excluding diaryl/α,β-unsaturated/α-hetero) is 1. The average Bonchev–Trinajstić information content (AvgIpc) is 2.24. The standard InChI is InChI=1S/C11H11Cl2NO2/c1-6(11(16)14-2)10(15)7-3-8(12)5-9(13)4-7/h3-6H,1-2H3,(H,14,16). The Balaban J connectivity index is 3.00. The number of carbonyl (C=O) groups is 2. The Morgan fingerprint density at radius 1 is 1.19 bits per heavy atom. The van der Waals surface area contributed by atoms with Crippen LogP contribution in [0, 0.1) is 5.92 Å². The molecule has 16 heavy (non-hydrogen) atoms. The number of hydrogen-bond donors (Lipinski definition) is 1. The first kappa shape index (κ1) is 13.0. The molecule has 1 unspecified atom stereocenters. The molecule has 0 aliphatic rings. The lowest BCUT2D eigenvalue weighted by Gasteiger charge is -2.09. The molecule has 0 aromatic heterocycles. The lowest BCUT2D eigenvalue weighted by molar-refractivity contribution is -0.122. The van der Waals surface area contributed by atoms with Gasteiger partial charge in [-0.1, -0.05) is 23.2 Å². The Morgan fingerprint density at radius 3 is 2.12 bits per heavy atom. The minimum atomic E-state index is -0.750. The summed E-state index contributed by atoms with van der Waals surface area (Å²) in [5.41, 5.74) is 0.341. The maximum absolute atomic E-state index is 11.9. The van der Waals surface area contributed by atoms with Gasteiger partial charge in [-0.3, -0.25) is 9.59 Å². The lowest BCUT2D eigenvalue weighted by Crippen LogP contribution is -2.30. The predicted molar refractivity (Wildman–Crippen MR) is 64.0 cm³/mol. The predicted octanol–water partition coefficient (Wildman–Crippen LogP) is 2.56. The minimum Gasteiger partial charge on any atom is -0.359 e. The maximum Gasteiger partial charge on any atom is 0.230 e. The van der Waals surface area contributed by atoms with E-state index in [1.165, 1.54) is 32.2 Å². The van der Waals surface area contributed by atoms with Crippen LogP contribution < -0.4 is 5.32 Å². The molecule has 1 aromatic carbocycles. The molecule has 1 aromatic rings. The van der Waals surface area contributed by atoms with E-state index in [2.05, 4.69) is 5.32 Å². The molecule has 5 heteroatoms. The molecule has 0 spiro atoms. The van der Waals surface area contributed by atoms with Gasteiger partial charge in [-0.15, -0.1) is 0 Å². The summed E-state index contributed by atoms with van der Waals surface area (Å²) in [4.78, 5) is 23.2. The van der Waals surface area contributed by atoms with Crippen LogP contribution in [0.2, 0.25) is 10.0 Å². The summed E-state index contributed by atoms with van der Waals surface area (Å²) in [6, 6.07) is 4.52. The van der Waals surface area contributed by atoms with Gasteiger partial charge in [0.1, 0.15) is 0 Å². The van der Waals surface area contributed by atoms with Crippen LogP contribution >= 0.6 is 23.2 Å². The molecule has 3 nitrogen and oxygen atoms in total. The van der Waals surface area contributed by atoms with E-state index >= 15 is 0 Å². The van der Waals surface area contributed by atoms with Crippen LogP contribution in [-0.4, -0.2) is 18.7 Å². The van der Waals surface area contributed by atoms with E-state index in [4.69, 9.17) is 23.2 Å². The fourth-order valence-corrected chi connectivity index (χ4v) is 1.81. The van der Waals surface area contributed by atoms with E-state index in [0.29, 0.717) is 15.6 Å². The van der Waals surface area contributed by atoms with E-state index < -0.39 is 5.92 Å². The summed E-state index contributed by atoms with van der Waals surface area (Å²) in [6.07, 6.45) is 0. The zero-order valence-electron chi connectivity index (χ0n) is 8.88. The molecule has 1 rings (SSSR count). The van der Waals surface area contributed by atoms with Crippen molar-refractivity contribution in [2.45, 2.75) is 6.92 Å². The normalized spacial score (nSPS) is 12.0. The molecule has 0 radical (unpaired) electrons. The first-order valence-corrected chi connectivity index (χ1v) is 5.43. The van der Waals surface area contributed by atoms with Crippen molar-refractivity contribution >= 4 is 34.9 Å². The van der Waals surface area contributed by atoms with Crippen molar-refractivity contribution in [1.29, 1.82) is 0 Å². The summed E-state index contributed by atoms with van der Waals surface area (Å²) in [5, 5.41) is 3.17. The number of benzene rings is 1. The Morgan fingerprint density at radius 2 is 1.69 bits per heavy atom. The van der Waals surface area contributed by atoms with Gasteiger partial charge < -0.3 is 5.32 Å². The molecule has 0 aliphatic heterocycles. The number of hydrogen-bond acceptors (Lipinski definition) is 2. The molecule has 0 saturated carbocycles. The fraction of sp³-hybridized carbons (Fsp3) is 0.273. The Hall–Kier alpha value is -1.06. The summed E-state index contributed by atoms with van der Waals surface area (Å²) < 4.78 is 0. The zero-order chi connectivity index (χ0) is 12.3. The van der Waals surface area contributed by atoms with Crippen LogP contribution in [0.3, 0.4) is 0 Å². The van der Waals surface area contributed by atoms with Gasteiger partial charge in [0.25, 0.3) is 0 Å². The Labute approximate surface area is 104 Å². The minimum absolute atomic E-state index is 0.302. The highest BCUT2D eigenvalue weighted by Crippen LogP contribution is 2.21. The summed E-state index contributed by atoms with van der Waals surface area (Å²) >= 11 is 11.6. The second-order valence-corrected chi connectivity index (χ2v) is 4.23. The van der Waals surface area contributed by atoms with Crippen LogP contribution in [0.5, 0.6) is 0 Å². The third-order valence-electron chi connectivity index (χ3n) is 2.18. The highest BCUT2D eigenvalue weighted by Gasteiger charge is 2.22. The van der Waals surface area contributed by atoms with Gasteiger partial charge >= 0.3 is 0 Å². The van der Waals surface area contributed by atoms with E-state index in [0.717, 1.165) is 0 Å². The van der Waals surface area contributed by atoms with Gasteiger partial charge in [0.15, 0.2) is 5.78 Å². The molecule has 0 bridgehead atoms. The number of nitrogens with one attached hydrogen (secondary N) is 1. The fourth-order valence-electron chi connectivity index (χ4n) is 1.28. The maximum atomic E-state index is 11.9. The molecule has 86 valence electrons. The molecule has 0 aliphatic carbocycles. The number of rotatable bonds is 3. The third-order valence-corrected chi connectivity index (χ3v) is 2.62. The van der Waals surface area contributed by atoms with Crippen molar-refractivity contribution in [1.82, 2.24) is 5.32 Å². The highest BCUT2D eigenvalue weighted by molar-refractivity contribution is 6.35. The van der Waals surface area contributed by atoms with Crippen LogP contribution in [0.15, 0.2) is 18.2 Å². The van der Waals surface area contributed by atoms with Crippen molar-refractivity contribution in [3.63, 3.8) is 0 Å². The lowest BCUT2D eigenvalue weighted by atomic mass is 9.99. The number of ketones is 1. The molecule has 0 saturated heterocycles. The van der Waals surface area contributed by atoms with Gasteiger partial charge in [0.05, 0.1) is 5.92 Å². The van der Waals surface area contributed by atoms with Crippen molar-refractivity contribution in [3.05, 3.63) is 33.8 Å². The number of amides is 1. The second-order valence-electron chi connectivity index (χ2n) is 3.36. The molecule has 0 fully saturated rings. The van der Waals surface area contributed by atoms with Crippen LogP contribution in [0.4, 0.5) is 0 Å². The van der Waals surface area contributed by atoms with Gasteiger partial charge in [-0.25, -0.2) is 0 Å². The van der Waals surface area contributed by atoms with Crippen molar-refractivity contribution < 1.29 is 9.59 Å². The summed E-state index contributed by atoms with van der Waals surface area (Å²) in [6.45, 7) is 1.54. The van der Waals surface area contributed by atoms with Crippen LogP contribution in [0.25, 0.3) is 0 Å². The van der Waals surface area contributed by atoms with Gasteiger partial charge in [-0.2, -0.15) is 0 Å². The van der Waals surface area contributed by atoms with E-state index in [1.807, 2.05) is 0 Å². The average molecular weight is 260 g/mol. The summed E-state index contributed by atoms with van der Waals surface area (Å²) in [7, 11) is 1.48. The zero-order valence-corrected chi connectivity index (χ0v) is 10.4. The Bertz CT molecular complexity index is 412. The van der Waals surface area contributed by atoms with Gasteiger partial charge in [0, 0.05) is 22.7 Å².